The highest BCUT2D eigenvalue weighted by atomic mass is 35.5. The van der Waals surface area contributed by atoms with Gasteiger partial charge in [-0.2, -0.15) is 4.31 Å². The van der Waals surface area contributed by atoms with Crippen LogP contribution in [-0.4, -0.2) is 45.7 Å². The van der Waals surface area contributed by atoms with E-state index in [1.807, 2.05) is 0 Å². The van der Waals surface area contributed by atoms with Crippen LogP contribution >= 0.6 is 22.9 Å². The molecular weight excluding hydrogens is 330 g/mol. The van der Waals surface area contributed by atoms with Gasteiger partial charge in [0.2, 0.25) is 10.0 Å². The predicted molar refractivity (Wildman–Crippen MR) is 76.0 cm³/mol. The Balaban J connectivity index is 2.36. The minimum Gasteiger partial charge on any atom is -0.229 e. The number of alkyl halides is 1. The first-order valence-corrected chi connectivity index (χ1v) is 10.3. The van der Waals surface area contributed by atoms with Crippen LogP contribution in [0.5, 0.6) is 0 Å². The molecule has 1 aliphatic rings. The number of sulfone groups is 1. The standard InChI is InChI=1S/C10H14ClNO4S3/c1-8-7-17-9(6-11)10(8)19(15,16)12-2-4-18(13,14)5-3-12/h7H,2-6H2,1H3. The Kier molecular flexibility index (Phi) is 4.27. The molecule has 0 bridgehead atoms. The van der Waals surface area contributed by atoms with Crippen LogP contribution in [0.25, 0.3) is 0 Å². The summed E-state index contributed by atoms with van der Waals surface area (Å²) < 4.78 is 49.0. The zero-order chi connectivity index (χ0) is 14.3. The molecule has 0 spiro atoms. The van der Waals surface area contributed by atoms with Crippen molar-refractivity contribution in [3.05, 3.63) is 15.8 Å². The summed E-state index contributed by atoms with van der Waals surface area (Å²) in [4.78, 5) is 0.847. The molecule has 1 aromatic heterocycles. The molecule has 2 heterocycles. The van der Waals surface area contributed by atoms with Crippen molar-refractivity contribution in [1.82, 2.24) is 4.31 Å². The second-order valence-corrected chi connectivity index (χ2v) is 9.77. The fourth-order valence-corrected chi connectivity index (χ4v) is 6.88. The molecule has 1 saturated heterocycles. The quantitative estimate of drug-likeness (QED) is 0.773. The van der Waals surface area contributed by atoms with Gasteiger partial charge >= 0.3 is 0 Å². The van der Waals surface area contributed by atoms with E-state index < -0.39 is 19.9 Å². The molecule has 2 rings (SSSR count). The zero-order valence-corrected chi connectivity index (χ0v) is 13.5. The number of thiophene rings is 1. The molecule has 108 valence electrons. The molecule has 0 N–H and O–H groups in total. The van der Waals surface area contributed by atoms with Crippen molar-refractivity contribution < 1.29 is 16.8 Å². The molecule has 9 heteroatoms. The highest BCUT2D eigenvalue weighted by Gasteiger charge is 2.34. The maximum Gasteiger partial charge on any atom is 0.244 e. The van der Waals surface area contributed by atoms with Crippen LogP contribution in [0.2, 0.25) is 0 Å². The van der Waals surface area contributed by atoms with Crippen LogP contribution < -0.4 is 0 Å². The van der Waals surface area contributed by atoms with Gasteiger partial charge in [-0.15, -0.1) is 22.9 Å². The third-order valence-corrected chi connectivity index (χ3v) is 8.41. The molecule has 0 aromatic carbocycles. The molecule has 1 fully saturated rings. The Labute approximate surface area is 122 Å². The van der Waals surface area contributed by atoms with Crippen LogP contribution in [0.4, 0.5) is 0 Å². The van der Waals surface area contributed by atoms with Crippen molar-refractivity contribution in [1.29, 1.82) is 0 Å². The Hall–Kier alpha value is -0.150. The maximum absolute atomic E-state index is 12.5. The first-order valence-electron chi connectivity index (χ1n) is 5.61. The van der Waals surface area contributed by atoms with Crippen molar-refractivity contribution >= 4 is 42.8 Å². The van der Waals surface area contributed by atoms with Gasteiger partial charge in [0.05, 0.1) is 17.4 Å². The molecule has 0 atom stereocenters. The average molecular weight is 344 g/mol. The Morgan fingerprint density at radius 1 is 1.37 bits per heavy atom. The van der Waals surface area contributed by atoms with E-state index in [2.05, 4.69) is 0 Å². The number of hydrogen-bond acceptors (Lipinski definition) is 5. The monoisotopic (exact) mass is 343 g/mol. The molecule has 0 radical (unpaired) electrons. The molecular formula is C10H14ClNO4S3. The molecule has 1 aromatic rings. The minimum absolute atomic E-state index is 0.0156. The Morgan fingerprint density at radius 2 is 1.95 bits per heavy atom. The van der Waals surface area contributed by atoms with E-state index in [0.717, 1.165) is 0 Å². The van der Waals surface area contributed by atoms with Gasteiger partial charge in [0.15, 0.2) is 9.84 Å². The van der Waals surface area contributed by atoms with Crippen molar-refractivity contribution in [2.75, 3.05) is 24.6 Å². The van der Waals surface area contributed by atoms with Gasteiger partial charge in [0.25, 0.3) is 0 Å². The number of rotatable bonds is 3. The van der Waals surface area contributed by atoms with E-state index in [4.69, 9.17) is 11.6 Å². The van der Waals surface area contributed by atoms with Crippen molar-refractivity contribution in [3.8, 4) is 0 Å². The van der Waals surface area contributed by atoms with Crippen molar-refractivity contribution in [2.24, 2.45) is 0 Å². The first-order chi connectivity index (χ1) is 8.78. The van der Waals surface area contributed by atoms with Gasteiger partial charge in [-0.05, 0) is 17.9 Å². The molecule has 0 unspecified atom stereocenters. The van der Waals surface area contributed by atoms with Crippen molar-refractivity contribution in [3.63, 3.8) is 0 Å². The number of nitrogens with zero attached hydrogens (tertiary/aromatic N) is 1. The summed E-state index contributed by atoms with van der Waals surface area (Å²) in [6.45, 7) is 1.75. The van der Waals surface area contributed by atoms with Crippen LogP contribution in [0.3, 0.4) is 0 Å². The largest absolute Gasteiger partial charge is 0.244 e. The summed E-state index contributed by atoms with van der Waals surface area (Å²) in [5, 5.41) is 1.76. The van der Waals surface area contributed by atoms with Crippen LogP contribution in [0.1, 0.15) is 10.4 Å². The lowest BCUT2D eigenvalue weighted by molar-refractivity contribution is 0.430. The summed E-state index contributed by atoms with van der Waals surface area (Å²) in [5.41, 5.74) is 0.661. The third kappa shape index (κ3) is 2.97. The normalized spacial score (nSPS) is 20.5. The average Bonchev–Trinajstić information content (AvgIpc) is 2.70. The fourth-order valence-electron chi connectivity index (χ4n) is 1.99. The van der Waals surface area contributed by atoms with Gasteiger partial charge in [0.1, 0.15) is 4.90 Å². The minimum atomic E-state index is -3.65. The van der Waals surface area contributed by atoms with Crippen molar-refractivity contribution in [2.45, 2.75) is 17.7 Å². The summed E-state index contributed by atoms with van der Waals surface area (Å²) in [7, 11) is -6.75. The number of sulfonamides is 1. The molecule has 19 heavy (non-hydrogen) atoms. The zero-order valence-electron chi connectivity index (χ0n) is 10.3. The highest BCUT2D eigenvalue weighted by Crippen LogP contribution is 2.31. The van der Waals surface area contributed by atoms with Gasteiger partial charge in [-0.1, -0.05) is 0 Å². The van der Waals surface area contributed by atoms with E-state index in [-0.39, 0.29) is 35.4 Å². The predicted octanol–water partition coefficient (Wildman–Crippen LogP) is 1.21. The molecule has 0 saturated carbocycles. The lowest BCUT2D eigenvalue weighted by Crippen LogP contribution is -2.43. The second kappa shape index (κ2) is 5.33. The number of halogens is 1. The van der Waals surface area contributed by atoms with E-state index >= 15 is 0 Å². The molecule has 0 aliphatic carbocycles. The van der Waals surface area contributed by atoms with E-state index in [1.54, 1.807) is 12.3 Å². The summed E-state index contributed by atoms with van der Waals surface area (Å²) >= 11 is 7.08. The van der Waals surface area contributed by atoms with Gasteiger partial charge in [-0.25, -0.2) is 16.8 Å². The van der Waals surface area contributed by atoms with Gasteiger partial charge in [0, 0.05) is 18.0 Å². The lowest BCUT2D eigenvalue weighted by Gasteiger charge is -2.26. The molecule has 1 aliphatic heterocycles. The van der Waals surface area contributed by atoms with E-state index in [0.29, 0.717) is 10.4 Å². The Morgan fingerprint density at radius 3 is 2.47 bits per heavy atom. The SMILES string of the molecule is Cc1csc(CCl)c1S(=O)(=O)N1CCS(=O)(=O)CC1. The molecule has 5 nitrogen and oxygen atoms in total. The summed E-state index contributed by atoms with van der Waals surface area (Å²) in [6, 6.07) is 0. The van der Waals surface area contributed by atoms with Gasteiger partial charge < -0.3 is 0 Å². The second-order valence-electron chi connectivity index (χ2n) is 4.36. The fraction of sp³-hybridized carbons (Fsp3) is 0.600. The first kappa shape index (κ1) is 15.2. The Bertz CT molecular complexity index is 664. The smallest absolute Gasteiger partial charge is 0.229 e. The van der Waals surface area contributed by atoms with E-state index in [1.165, 1.54) is 15.6 Å². The third-order valence-electron chi connectivity index (χ3n) is 3.01. The topological polar surface area (TPSA) is 71.5 Å². The van der Waals surface area contributed by atoms with Crippen LogP contribution in [-0.2, 0) is 25.7 Å². The molecule has 0 amide bonds. The summed E-state index contributed by atoms with van der Waals surface area (Å²) in [5.74, 6) is -0.101. The van der Waals surface area contributed by atoms with Gasteiger partial charge in [-0.3, -0.25) is 0 Å². The van der Waals surface area contributed by atoms with E-state index in [9.17, 15) is 16.8 Å². The maximum atomic E-state index is 12.5. The number of aryl methyl sites for hydroxylation is 1. The van der Waals surface area contributed by atoms with Crippen LogP contribution in [0.15, 0.2) is 10.3 Å². The summed E-state index contributed by atoms with van der Waals surface area (Å²) in [6.07, 6.45) is 0. The van der Waals surface area contributed by atoms with Crippen LogP contribution in [0, 0.1) is 6.92 Å². The highest BCUT2D eigenvalue weighted by molar-refractivity contribution is 7.92. The lowest BCUT2D eigenvalue weighted by atomic mass is 10.3. The number of hydrogen-bond donors (Lipinski definition) is 0.